The van der Waals surface area contributed by atoms with E-state index >= 15 is 0 Å². The van der Waals surface area contributed by atoms with Crippen LogP contribution in [0.15, 0.2) is 24.3 Å². The van der Waals surface area contributed by atoms with E-state index in [1.54, 1.807) is 37.1 Å². The Kier molecular flexibility index (Phi) is 4.73. The maximum atomic E-state index is 14.0. The zero-order valence-electron chi connectivity index (χ0n) is 12.1. The van der Waals surface area contributed by atoms with Crippen LogP contribution in [0, 0.1) is 5.82 Å². The number of carbonyl (C=O) groups is 1. The molecule has 1 amide bonds. The maximum absolute atomic E-state index is 14.0. The van der Waals surface area contributed by atoms with Gasteiger partial charge in [0.25, 0.3) is 0 Å². The van der Waals surface area contributed by atoms with E-state index in [0.717, 1.165) is 6.42 Å². The van der Waals surface area contributed by atoms with E-state index in [-0.39, 0.29) is 23.8 Å². The third-order valence-corrected chi connectivity index (χ3v) is 3.73. The van der Waals surface area contributed by atoms with Crippen LogP contribution in [0.2, 0.25) is 0 Å². The molecule has 1 heterocycles. The highest BCUT2D eigenvalue weighted by Gasteiger charge is 2.41. The molecular weight excluding hydrogens is 259 g/mol. The van der Waals surface area contributed by atoms with Crippen molar-refractivity contribution >= 4 is 5.91 Å². The van der Waals surface area contributed by atoms with Crippen molar-refractivity contribution in [1.29, 1.82) is 0 Å². The largest absolute Gasteiger partial charge is 0.383 e. The molecule has 0 aromatic heterocycles. The molecule has 1 N–H and O–H groups in total. The highest BCUT2D eigenvalue weighted by atomic mass is 19.1. The molecule has 0 saturated carbocycles. The Morgan fingerprint density at radius 2 is 2.15 bits per heavy atom. The van der Waals surface area contributed by atoms with Gasteiger partial charge in [0.2, 0.25) is 5.91 Å². The average Bonchev–Trinajstić information content (AvgIpc) is 2.73. The molecule has 4 nitrogen and oxygen atoms in total. The molecule has 5 heteroatoms. The van der Waals surface area contributed by atoms with Crippen molar-refractivity contribution in [2.24, 2.45) is 0 Å². The van der Waals surface area contributed by atoms with Gasteiger partial charge in [0, 0.05) is 12.7 Å². The van der Waals surface area contributed by atoms with Crippen LogP contribution in [0.25, 0.3) is 0 Å². The molecule has 3 unspecified atom stereocenters. The third kappa shape index (κ3) is 2.69. The second-order valence-electron chi connectivity index (χ2n) is 5.08. The lowest BCUT2D eigenvalue weighted by Gasteiger charge is -2.32. The zero-order valence-corrected chi connectivity index (χ0v) is 12.1. The van der Waals surface area contributed by atoms with Crippen molar-refractivity contribution in [3.8, 4) is 0 Å². The van der Waals surface area contributed by atoms with Gasteiger partial charge in [-0.3, -0.25) is 10.1 Å². The van der Waals surface area contributed by atoms with Gasteiger partial charge in [0.1, 0.15) is 12.0 Å². The molecule has 20 heavy (non-hydrogen) atoms. The van der Waals surface area contributed by atoms with Gasteiger partial charge in [-0.25, -0.2) is 4.39 Å². The van der Waals surface area contributed by atoms with E-state index < -0.39 is 6.17 Å². The first-order valence-electron chi connectivity index (χ1n) is 6.91. The molecule has 0 radical (unpaired) electrons. The number of methoxy groups -OCH3 is 1. The molecule has 3 atom stereocenters. The molecule has 2 rings (SSSR count). The molecule has 1 aromatic carbocycles. The van der Waals surface area contributed by atoms with Crippen molar-refractivity contribution in [3.05, 3.63) is 35.6 Å². The van der Waals surface area contributed by atoms with Gasteiger partial charge in [-0.05, 0) is 19.4 Å². The molecule has 0 spiro atoms. The van der Waals surface area contributed by atoms with E-state index in [4.69, 9.17) is 4.74 Å². The lowest BCUT2D eigenvalue weighted by Crippen LogP contribution is -2.42. The summed E-state index contributed by atoms with van der Waals surface area (Å²) in [7, 11) is 1.61. The second kappa shape index (κ2) is 6.33. The lowest BCUT2D eigenvalue weighted by atomic mass is 10.1. The predicted octanol–water partition coefficient (Wildman–Crippen LogP) is 2.07. The number of hydrogen-bond donors (Lipinski definition) is 1. The van der Waals surface area contributed by atoms with Crippen LogP contribution < -0.4 is 5.32 Å². The van der Waals surface area contributed by atoms with Crippen LogP contribution in [0.4, 0.5) is 4.39 Å². The van der Waals surface area contributed by atoms with E-state index in [2.05, 4.69) is 5.32 Å². The van der Waals surface area contributed by atoms with Gasteiger partial charge in [-0.2, -0.15) is 0 Å². The molecule has 110 valence electrons. The molecule has 1 aliphatic heterocycles. The van der Waals surface area contributed by atoms with Crippen LogP contribution in [-0.4, -0.2) is 36.6 Å². The summed E-state index contributed by atoms with van der Waals surface area (Å²) in [6, 6.07) is 6.18. The molecule has 1 aliphatic rings. The summed E-state index contributed by atoms with van der Waals surface area (Å²) in [5, 5.41) is 3.16. The fraction of sp³-hybridized carbons (Fsp3) is 0.533. The van der Waals surface area contributed by atoms with Gasteiger partial charge in [0.05, 0.1) is 18.7 Å². The van der Waals surface area contributed by atoms with Crippen LogP contribution >= 0.6 is 0 Å². The summed E-state index contributed by atoms with van der Waals surface area (Å²) < 4.78 is 19.2. The number of nitrogens with one attached hydrogen (secondary N) is 1. The summed E-state index contributed by atoms with van der Waals surface area (Å²) in [5.74, 6) is -0.314. The van der Waals surface area contributed by atoms with Crippen molar-refractivity contribution in [2.45, 2.75) is 38.5 Å². The number of halogens is 1. The summed E-state index contributed by atoms with van der Waals surface area (Å²) in [5.41, 5.74) is 0.500. The summed E-state index contributed by atoms with van der Waals surface area (Å²) >= 11 is 0. The molecule has 0 bridgehead atoms. The lowest BCUT2D eigenvalue weighted by molar-refractivity contribution is -0.133. The minimum Gasteiger partial charge on any atom is -0.383 e. The highest BCUT2D eigenvalue weighted by Crippen LogP contribution is 2.30. The SMILES string of the molecule is CCC(COC)N1C(=O)C(C)NC1c1ccccc1F. The van der Waals surface area contributed by atoms with Crippen molar-refractivity contribution in [2.75, 3.05) is 13.7 Å². The van der Waals surface area contributed by atoms with Gasteiger partial charge in [-0.1, -0.05) is 25.1 Å². The molecule has 1 saturated heterocycles. The number of carbonyl (C=O) groups excluding carboxylic acids is 1. The minimum atomic E-state index is -0.432. The Labute approximate surface area is 118 Å². The standard InChI is InChI=1S/C15H21FN2O2/c1-4-11(9-20-3)18-14(17-10(2)15(18)19)12-7-5-6-8-13(12)16/h5-8,10-11,14,17H,4,9H2,1-3H3. The number of hydrogen-bond acceptors (Lipinski definition) is 3. The first kappa shape index (κ1) is 14.9. The van der Waals surface area contributed by atoms with Crippen molar-refractivity contribution < 1.29 is 13.9 Å². The molecular formula is C15H21FN2O2. The predicted molar refractivity (Wildman–Crippen MR) is 74.5 cm³/mol. The Balaban J connectivity index is 2.35. The van der Waals surface area contributed by atoms with Crippen LogP contribution in [-0.2, 0) is 9.53 Å². The molecule has 1 aromatic rings. The second-order valence-corrected chi connectivity index (χ2v) is 5.08. The monoisotopic (exact) mass is 280 g/mol. The van der Waals surface area contributed by atoms with Crippen LogP contribution in [0.1, 0.15) is 32.0 Å². The molecule has 0 aliphatic carbocycles. The number of ether oxygens (including phenoxy) is 1. The minimum absolute atomic E-state index is 0.0119. The van der Waals surface area contributed by atoms with Crippen LogP contribution in [0.5, 0.6) is 0 Å². The zero-order chi connectivity index (χ0) is 14.7. The quantitative estimate of drug-likeness (QED) is 0.897. The van der Waals surface area contributed by atoms with Gasteiger partial charge in [0.15, 0.2) is 0 Å². The Morgan fingerprint density at radius 3 is 2.75 bits per heavy atom. The van der Waals surface area contributed by atoms with Gasteiger partial charge >= 0.3 is 0 Å². The Hall–Kier alpha value is -1.46. The number of nitrogens with zero attached hydrogens (tertiary/aromatic N) is 1. The van der Waals surface area contributed by atoms with Crippen LogP contribution in [0.3, 0.4) is 0 Å². The third-order valence-electron chi connectivity index (χ3n) is 3.73. The Morgan fingerprint density at radius 1 is 1.45 bits per heavy atom. The smallest absolute Gasteiger partial charge is 0.241 e. The van der Waals surface area contributed by atoms with Gasteiger partial charge in [-0.15, -0.1) is 0 Å². The fourth-order valence-corrected chi connectivity index (χ4v) is 2.65. The first-order chi connectivity index (χ1) is 9.60. The summed E-state index contributed by atoms with van der Waals surface area (Å²) in [6.45, 7) is 4.25. The van der Waals surface area contributed by atoms with E-state index in [1.807, 2.05) is 6.92 Å². The normalized spacial score (nSPS) is 24.2. The fourth-order valence-electron chi connectivity index (χ4n) is 2.65. The molecule has 1 fully saturated rings. The number of amides is 1. The Bertz CT molecular complexity index is 481. The van der Waals surface area contributed by atoms with Gasteiger partial charge < -0.3 is 9.64 Å². The number of rotatable bonds is 5. The van der Waals surface area contributed by atoms with E-state index in [9.17, 15) is 9.18 Å². The van der Waals surface area contributed by atoms with E-state index in [1.165, 1.54) is 6.07 Å². The average molecular weight is 280 g/mol. The van der Waals surface area contributed by atoms with Crippen molar-refractivity contribution in [1.82, 2.24) is 10.2 Å². The number of benzene rings is 1. The summed E-state index contributed by atoms with van der Waals surface area (Å²) in [6.07, 6.45) is 0.331. The highest BCUT2D eigenvalue weighted by molar-refractivity contribution is 5.84. The summed E-state index contributed by atoms with van der Waals surface area (Å²) in [4.78, 5) is 14.1. The van der Waals surface area contributed by atoms with E-state index in [0.29, 0.717) is 12.2 Å². The topological polar surface area (TPSA) is 41.6 Å². The van der Waals surface area contributed by atoms with Crippen molar-refractivity contribution in [3.63, 3.8) is 0 Å². The first-order valence-corrected chi connectivity index (χ1v) is 6.91. The maximum Gasteiger partial charge on any atom is 0.241 e.